The molecule has 1 heterocycles. The monoisotopic (exact) mass is 261 g/mol. The van der Waals surface area contributed by atoms with Gasteiger partial charge in [-0.25, -0.2) is 0 Å². The molecule has 0 saturated carbocycles. The first-order chi connectivity index (χ1) is 9.21. The molecule has 0 bridgehead atoms. The number of hydrogen-bond donors (Lipinski definition) is 2. The molecule has 1 aliphatic heterocycles. The van der Waals surface area contributed by atoms with Crippen LogP contribution in [0.1, 0.15) is 31.9 Å². The van der Waals surface area contributed by atoms with E-state index in [4.69, 9.17) is 5.73 Å². The van der Waals surface area contributed by atoms with Crippen LogP contribution < -0.4 is 11.1 Å². The van der Waals surface area contributed by atoms with Crippen LogP contribution in [0.5, 0.6) is 0 Å². The molecule has 0 aromatic heterocycles. The van der Waals surface area contributed by atoms with Gasteiger partial charge in [0.25, 0.3) is 0 Å². The smallest absolute Gasteiger partial charge is 0.128 e. The lowest BCUT2D eigenvalue weighted by Gasteiger charge is -2.08. The van der Waals surface area contributed by atoms with Gasteiger partial charge in [0.1, 0.15) is 5.84 Å². The molecular weight excluding hydrogens is 234 g/mol. The molecule has 0 amide bonds. The number of nitrogens with two attached hydrogens (primary N) is 1. The van der Waals surface area contributed by atoms with Gasteiger partial charge in [0.15, 0.2) is 0 Å². The molecule has 0 spiro atoms. The Morgan fingerprint density at radius 1 is 1.37 bits per heavy atom. The molecule has 1 atom stereocenters. The number of hydrogen-bond acceptors (Lipinski definition) is 3. The number of nitrogens with one attached hydrogen (secondary N) is 1. The minimum absolute atomic E-state index is 0.311. The molecule has 19 heavy (non-hydrogen) atoms. The lowest BCUT2D eigenvalue weighted by atomic mass is 10.1. The van der Waals surface area contributed by atoms with Crippen molar-refractivity contribution in [3.05, 3.63) is 48.0 Å². The summed E-state index contributed by atoms with van der Waals surface area (Å²) >= 11 is 0. The quantitative estimate of drug-likeness (QED) is 0.804. The van der Waals surface area contributed by atoms with Gasteiger partial charge < -0.3 is 11.1 Å². The van der Waals surface area contributed by atoms with Crippen molar-refractivity contribution in [1.29, 1.82) is 0 Å². The van der Waals surface area contributed by atoms with Crippen molar-refractivity contribution in [1.82, 2.24) is 5.32 Å². The molecule has 0 saturated heterocycles. The molecule has 1 aromatic carbocycles. The van der Waals surface area contributed by atoms with E-state index >= 15 is 0 Å². The zero-order chi connectivity index (χ0) is 14.7. The van der Waals surface area contributed by atoms with E-state index < -0.39 is 0 Å². The minimum atomic E-state index is 0.311. The van der Waals surface area contributed by atoms with Crippen LogP contribution in [0.4, 0.5) is 0 Å². The van der Waals surface area contributed by atoms with Gasteiger partial charge in [-0.3, -0.25) is 4.99 Å². The number of amidine groups is 1. The maximum atomic E-state index is 5.56. The third-order valence-electron chi connectivity index (χ3n) is 2.42. The van der Waals surface area contributed by atoms with Crippen LogP contribution in [0.2, 0.25) is 0 Å². The van der Waals surface area contributed by atoms with Crippen molar-refractivity contribution < 1.29 is 0 Å². The zero-order valence-corrected chi connectivity index (χ0v) is 12.6. The Balaban J connectivity index is 0.000000573. The lowest BCUT2D eigenvalue weighted by Crippen LogP contribution is -2.36. The molecule has 3 nitrogen and oxygen atoms in total. The highest BCUT2D eigenvalue weighted by atomic mass is 15.1. The second-order valence-corrected chi connectivity index (χ2v) is 4.04. The van der Waals surface area contributed by atoms with E-state index in [1.165, 1.54) is 5.56 Å². The highest BCUT2D eigenvalue weighted by Crippen LogP contribution is 2.07. The number of allylic oxidation sites excluding steroid dienone is 1. The predicted octanol–water partition coefficient (Wildman–Crippen LogP) is 2.89. The van der Waals surface area contributed by atoms with Gasteiger partial charge >= 0.3 is 0 Å². The van der Waals surface area contributed by atoms with Crippen LogP contribution in [0.3, 0.4) is 0 Å². The Morgan fingerprint density at radius 3 is 2.32 bits per heavy atom. The first kappa shape index (κ1) is 17.4. The van der Waals surface area contributed by atoms with Crippen LogP contribution in [-0.4, -0.2) is 25.0 Å². The fourth-order valence-electron chi connectivity index (χ4n) is 1.51. The van der Waals surface area contributed by atoms with Crippen molar-refractivity contribution >= 4 is 5.84 Å². The normalized spacial score (nSPS) is 16.1. The second-order valence-electron chi connectivity index (χ2n) is 4.04. The second kappa shape index (κ2) is 10.3. The Kier molecular flexibility index (Phi) is 9.45. The summed E-state index contributed by atoms with van der Waals surface area (Å²) in [5.74, 6) is 0.973. The summed E-state index contributed by atoms with van der Waals surface area (Å²) < 4.78 is 0. The van der Waals surface area contributed by atoms with Crippen LogP contribution in [0.25, 0.3) is 0 Å². The SMILES string of the molecule is C=CC.CC.Cc1ccc(C2=NCC(CN)N2)cc1. The van der Waals surface area contributed by atoms with E-state index in [0.29, 0.717) is 12.6 Å². The molecule has 106 valence electrons. The molecule has 1 unspecified atom stereocenters. The molecule has 1 aromatic rings. The standard InChI is InChI=1S/C11H15N3.C3H6.C2H6/c1-8-2-4-9(5-3-8)11-13-7-10(6-12)14-11;1-3-2;1-2/h2-5,10H,6-7,12H2,1H3,(H,13,14);3H,1H2,2H3;1-2H3. The molecule has 3 N–H and O–H groups in total. The number of aliphatic imine (C=N–C) groups is 1. The third kappa shape index (κ3) is 6.20. The molecule has 0 aliphatic carbocycles. The van der Waals surface area contributed by atoms with E-state index in [2.05, 4.69) is 48.1 Å². The van der Waals surface area contributed by atoms with Crippen molar-refractivity contribution in [3.8, 4) is 0 Å². The third-order valence-corrected chi connectivity index (χ3v) is 2.42. The van der Waals surface area contributed by atoms with Gasteiger partial charge in [-0.2, -0.15) is 0 Å². The molecular formula is C16H27N3. The van der Waals surface area contributed by atoms with E-state index in [0.717, 1.165) is 17.9 Å². The highest BCUT2D eigenvalue weighted by Gasteiger charge is 2.16. The zero-order valence-electron chi connectivity index (χ0n) is 12.6. The lowest BCUT2D eigenvalue weighted by molar-refractivity contribution is 0.668. The van der Waals surface area contributed by atoms with Crippen molar-refractivity contribution in [2.75, 3.05) is 13.1 Å². The summed E-state index contributed by atoms with van der Waals surface area (Å²) in [5.41, 5.74) is 7.97. The van der Waals surface area contributed by atoms with Gasteiger partial charge in [0.05, 0.1) is 12.6 Å². The van der Waals surface area contributed by atoms with E-state index in [-0.39, 0.29) is 0 Å². The van der Waals surface area contributed by atoms with Gasteiger partial charge in [-0.15, -0.1) is 6.58 Å². The number of nitrogens with zero attached hydrogens (tertiary/aromatic N) is 1. The van der Waals surface area contributed by atoms with E-state index in [9.17, 15) is 0 Å². The topological polar surface area (TPSA) is 50.4 Å². The summed E-state index contributed by atoms with van der Waals surface area (Å²) in [6.07, 6.45) is 1.75. The van der Waals surface area contributed by atoms with Gasteiger partial charge in [0.2, 0.25) is 0 Å². The Hall–Kier alpha value is -1.61. The molecule has 0 radical (unpaired) electrons. The average molecular weight is 261 g/mol. The Bertz CT molecular complexity index is 379. The maximum Gasteiger partial charge on any atom is 0.128 e. The van der Waals surface area contributed by atoms with E-state index in [1.807, 2.05) is 20.8 Å². The Labute approximate surface area is 117 Å². The van der Waals surface area contributed by atoms with Crippen LogP contribution in [0.15, 0.2) is 41.9 Å². The van der Waals surface area contributed by atoms with Crippen molar-refractivity contribution in [2.24, 2.45) is 10.7 Å². The van der Waals surface area contributed by atoms with Crippen LogP contribution in [0, 0.1) is 6.92 Å². The van der Waals surface area contributed by atoms with Crippen LogP contribution in [-0.2, 0) is 0 Å². The molecule has 2 rings (SSSR count). The molecule has 0 fully saturated rings. The van der Waals surface area contributed by atoms with Crippen molar-refractivity contribution in [2.45, 2.75) is 33.7 Å². The number of rotatable bonds is 2. The largest absolute Gasteiger partial charge is 0.364 e. The first-order valence-electron chi connectivity index (χ1n) is 6.86. The average Bonchev–Trinajstić information content (AvgIpc) is 2.92. The summed E-state index contributed by atoms with van der Waals surface area (Å²) in [5, 5.41) is 3.30. The first-order valence-corrected chi connectivity index (χ1v) is 6.86. The number of aryl methyl sites for hydroxylation is 1. The molecule has 3 heteroatoms. The fourth-order valence-corrected chi connectivity index (χ4v) is 1.51. The van der Waals surface area contributed by atoms with Gasteiger partial charge in [-0.05, 0) is 13.8 Å². The summed E-state index contributed by atoms with van der Waals surface area (Å²) in [7, 11) is 0. The summed E-state index contributed by atoms with van der Waals surface area (Å²) in [6.45, 7) is 12.8. The summed E-state index contributed by atoms with van der Waals surface area (Å²) in [4.78, 5) is 4.41. The number of benzene rings is 1. The minimum Gasteiger partial charge on any atom is -0.364 e. The fraction of sp³-hybridized carbons (Fsp3) is 0.438. The maximum absolute atomic E-state index is 5.56. The highest BCUT2D eigenvalue weighted by molar-refractivity contribution is 6.00. The van der Waals surface area contributed by atoms with Gasteiger partial charge in [-0.1, -0.05) is 49.8 Å². The summed E-state index contributed by atoms with van der Waals surface area (Å²) in [6, 6.07) is 8.66. The predicted molar refractivity (Wildman–Crippen MR) is 85.8 cm³/mol. The van der Waals surface area contributed by atoms with Crippen LogP contribution >= 0.6 is 0 Å². The van der Waals surface area contributed by atoms with Crippen molar-refractivity contribution in [3.63, 3.8) is 0 Å². The van der Waals surface area contributed by atoms with E-state index in [1.54, 1.807) is 6.08 Å². The Morgan fingerprint density at radius 2 is 1.89 bits per heavy atom. The van der Waals surface area contributed by atoms with Gasteiger partial charge in [0, 0.05) is 12.1 Å². The molecule has 1 aliphatic rings.